The van der Waals surface area contributed by atoms with Gasteiger partial charge in [0, 0.05) is 13.1 Å². The van der Waals surface area contributed by atoms with Crippen molar-refractivity contribution in [2.24, 2.45) is 5.41 Å². The number of hydrogen-bond acceptors (Lipinski definition) is 3. The van der Waals surface area contributed by atoms with E-state index in [2.05, 4.69) is 11.0 Å². The molecule has 0 bridgehead atoms. The van der Waals surface area contributed by atoms with Crippen LogP contribution in [0.2, 0.25) is 0 Å². The van der Waals surface area contributed by atoms with Gasteiger partial charge in [-0.05, 0) is 20.9 Å². The van der Waals surface area contributed by atoms with Crippen molar-refractivity contribution in [2.45, 2.75) is 20.0 Å². The lowest BCUT2D eigenvalue weighted by molar-refractivity contribution is -0.0377. The number of rotatable bonds is 3. The molecule has 1 rings (SSSR count). The Bertz CT molecular complexity index is 189. The van der Waals surface area contributed by atoms with Crippen molar-refractivity contribution in [1.29, 1.82) is 5.26 Å². The molecule has 3 heteroatoms. The summed E-state index contributed by atoms with van der Waals surface area (Å²) in [6.07, 6.45) is 0.223. The number of nitriles is 1. The van der Waals surface area contributed by atoms with Gasteiger partial charge in [0.2, 0.25) is 0 Å². The second kappa shape index (κ2) is 3.42. The van der Waals surface area contributed by atoms with Crippen LogP contribution in [0.1, 0.15) is 13.8 Å². The van der Waals surface area contributed by atoms with Crippen LogP contribution in [0.5, 0.6) is 0 Å². The minimum Gasteiger partial charge on any atom is -0.377 e. The number of nitrogens with zero attached hydrogens (tertiary/aromatic N) is 2. The first-order chi connectivity index (χ1) is 5.58. The summed E-state index contributed by atoms with van der Waals surface area (Å²) >= 11 is 0. The van der Waals surface area contributed by atoms with E-state index in [1.807, 2.05) is 20.9 Å². The van der Waals surface area contributed by atoms with E-state index >= 15 is 0 Å². The van der Waals surface area contributed by atoms with Gasteiger partial charge in [0.05, 0.1) is 18.8 Å². The minimum absolute atomic E-state index is 0.223. The second-order valence-electron chi connectivity index (χ2n) is 3.92. The molecule has 1 aliphatic rings. The molecule has 0 unspecified atom stereocenters. The largest absolute Gasteiger partial charge is 0.377 e. The maximum absolute atomic E-state index is 8.91. The average Bonchev–Trinajstić information content (AvgIpc) is 1.95. The van der Waals surface area contributed by atoms with Crippen molar-refractivity contribution >= 4 is 0 Å². The van der Waals surface area contributed by atoms with Crippen molar-refractivity contribution < 1.29 is 4.74 Å². The van der Waals surface area contributed by atoms with Crippen molar-refractivity contribution in [3.63, 3.8) is 0 Å². The standard InChI is InChI=1S/C9H16N2O/c1-8(2)12-7-9(4-10)5-11(3)6-9/h8H,5-7H2,1-3H3. The molecule has 0 amide bonds. The Balaban J connectivity index is 2.34. The maximum Gasteiger partial charge on any atom is 0.106 e. The molecule has 0 aromatic rings. The highest BCUT2D eigenvalue weighted by Gasteiger charge is 2.41. The van der Waals surface area contributed by atoms with E-state index in [4.69, 9.17) is 10.00 Å². The van der Waals surface area contributed by atoms with Crippen LogP contribution in [0, 0.1) is 16.7 Å². The quantitative estimate of drug-likeness (QED) is 0.627. The van der Waals surface area contributed by atoms with Crippen LogP contribution in [-0.2, 0) is 4.74 Å². The molecule has 0 spiro atoms. The Hall–Kier alpha value is -0.590. The first-order valence-electron chi connectivity index (χ1n) is 4.29. The minimum atomic E-state index is -0.223. The van der Waals surface area contributed by atoms with Gasteiger partial charge in [-0.2, -0.15) is 5.26 Å². The van der Waals surface area contributed by atoms with Gasteiger partial charge in [-0.15, -0.1) is 0 Å². The summed E-state index contributed by atoms with van der Waals surface area (Å²) < 4.78 is 5.44. The smallest absolute Gasteiger partial charge is 0.106 e. The lowest BCUT2D eigenvalue weighted by Gasteiger charge is -2.43. The molecule has 12 heavy (non-hydrogen) atoms. The molecule has 3 nitrogen and oxygen atoms in total. The van der Waals surface area contributed by atoms with Crippen LogP contribution in [0.4, 0.5) is 0 Å². The van der Waals surface area contributed by atoms with E-state index in [1.54, 1.807) is 0 Å². The molecule has 68 valence electrons. The number of likely N-dealkylation sites (tertiary alicyclic amines) is 1. The van der Waals surface area contributed by atoms with E-state index in [0.29, 0.717) is 6.61 Å². The zero-order chi connectivity index (χ0) is 9.19. The highest BCUT2D eigenvalue weighted by atomic mass is 16.5. The average molecular weight is 168 g/mol. The number of hydrogen-bond donors (Lipinski definition) is 0. The highest BCUT2D eigenvalue weighted by Crippen LogP contribution is 2.28. The van der Waals surface area contributed by atoms with Crippen LogP contribution < -0.4 is 0 Å². The van der Waals surface area contributed by atoms with Gasteiger partial charge in [0.25, 0.3) is 0 Å². The van der Waals surface area contributed by atoms with Gasteiger partial charge < -0.3 is 9.64 Å². The van der Waals surface area contributed by atoms with Gasteiger partial charge >= 0.3 is 0 Å². The zero-order valence-electron chi connectivity index (χ0n) is 8.00. The molecule has 1 aliphatic heterocycles. The molecule has 0 N–H and O–H groups in total. The summed E-state index contributed by atoms with van der Waals surface area (Å²) in [6.45, 7) is 6.25. The van der Waals surface area contributed by atoms with Gasteiger partial charge in [0.15, 0.2) is 0 Å². The lowest BCUT2D eigenvalue weighted by Crippen LogP contribution is -2.56. The Morgan fingerprint density at radius 2 is 2.17 bits per heavy atom. The maximum atomic E-state index is 8.91. The summed E-state index contributed by atoms with van der Waals surface area (Å²) in [5.74, 6) is 0. The Morgan fingerprint density at radius 1 is 1.58 bits per heavy atom. The van der Waals surface area contributed by atoms with Crippen molar-refractivity contribution in [2.75, 3.05) is 26.7 Å². The lowest BCUT2D eigenvalue weighted by atomic mass is 9.83. The van der Waals surface area contributed by atoms with E-state index in [0.717, 1.165) is 13.1 Å². The third-order valence-corrected chi connectivity index (χ3v) is 2.08. The molecule has 0 radical (unpaired) electrons. The summed E-state index contributed by atoms with van der Waals surface area (Å²) in [6, 6.07) is 2.33. The van der Waals surface area contributed by atoms with Crippen molar-refractivity contribution in [3.8, 4) is 6.07 Å². The molecule has 1 heterocycles. The predicted octanol–water partition coefficient (Wildman–Crippen LogP) is 0.867. The summed E-state index contributed by atoms with van der Waals surface area (Å²) in [5.41, 5.74) is -0.223. The highest BCUT2D eigenvalue weighted by molar-refractivity contribution is 5.08. The Morgan fingerprint density at radius 3 is 2.50 bits per heavy atom. The normalized spacial score (nSPS) is 21.9. The van der Waals surface area contributed by atoms with E-state index in [-0.39, 0.29) is 11.5 Å². The van der Waals surface area contributed by atoms with E-state index in [9.17, 15) is 0 Å². The molecular weight excluding hydrogens is 152 g/mol. The Kier molecular flexibility index (Phi) is 2.71. The molecule has 0 atom stereocenters. The number of ether oxygens (including phenoxy) is 1. The second-order valence-corrected chi connectivity index (χ2v) is 3.92. The fraction of sp³-hybridized carbons (Fsp3) is 0.889. The molecule has 0 aromatic carbocycles. The van der Waals surface area contributed by atoms with Gasteiger partial charge in [0.1, 0.15) is 5.41 Å². The third kappa shape index (κ3) is 1.96. The fourth-order valence-corrected chi connectivity index (χ4v) is 1.51. The first-order valence-corrected chi connectivity index (χ1v) is 4.29. The summed E-state index contributed by atoms with van der Waals surface area (Å²) in [7, 11) is 2.02. The van der Waals surface area contributed by atoms with Gasteiger partial charge in [-0.1, -0.05) is 0 Å². The van der Waals surface area contributed by atoms with Crippen LogP contribution in [0.15, 0.2) is 0 Å². The third-order valence-electron chi connectivity index (χ3n) is 2.08. The van der Waals surface area contributed by atoms with Crippen LogP contribution in [0.3, 0.4) is 0 Å². The molecule has 0 aliphatic carbocycles. The van der Waals surface area contributed by atoms with Crippen molar-refractivity contribution in [1.82, 2.24) is 4.90 Å². The topological polar surface area (TPSA) is 36.3 Å². The van der Waals surface area contributed by atoms with Gasteiger partial charge in [-0.3, -0.25) is 0 Å². The molecule has 0 saturated carbocycles. The predicted molar refractivity (Wildman–Crippen MR) is 46.6 cm³/mol. The van der Waals surface area contributed by atoms with Crippen LogP contribution in [0.25, 0.3) is 0 Å². The van der Waals surface area contributed by atoms with Gasteiger partial charge in [-0.25, -0.2) is 0 Å². The summed E-state index contributed by atoms with van der Waals surface area (Å²) in [4.78, 5) is 2.13. The van der Waals surface area contributed by atoms with Crippen LogP contribution >= 0.6 is 0 Å². The first kappa shape index (κ1) is 9.50. The fourth-order valence-electron chi connectivity index (χ4n) is 1.51. The monoisotopic (exact) mass is 168 g/mol. The van der Waals surface area contributed by atoms with E-state index in [1.165, 1.54) is 0 Å². The van der Waals surface area contributed by atoms with E-state index < -0.39 is 0 Å². The molecule has 1 fully saturated rings. The molecule has 1 saturated heterocycles. The zero-order valence-corrected chi connectivity index (χ0v) is 8.00. The molecular formula is C9H16N2O. The summed E-state index contributed by atoms with van der Waals surface area (Å²) in [5, 5.41) is 8.91. The molecule has 0 aromatic heterocycles. The van der Waals surface area contributed by atoms with Crippen LogP contribution in [-0.4, -0.2) is 37.7 Å². The van der Waals surface area contributed by atoms with Crippen molar-refractivity contribution in [3.05, 3.63) is 0 Å². The SMILES string of the molecule is CC(C)OCC1(C#N)CN(C)C1. The Labute approximate surface area is 73.9 Å².